The van der Waals surface area contributed by atoms with E-state index in [0.29, 0.717) is 6.61 Å². The molecular formula is C17H20ClNO. The second-order valence-corrected chi connectivity index (χ2v) is 5.31. The topological polar surface area (TPSA) is 21.3 Å². The zero-order valence-corrected chi connectivity index (χ0v) is 12.7. The van der Waals surface area contributed by atoms with Crippen LogP contribution < -0.4 is 10.1 Å². The number of hydrogen-bond acceptors (Lipinski definition) is 2. The van der Waals surface area contributed by atoms with Crippen LogP contribution >= 0.6 is 11.6 Å². The van der Waals surface area contributed by atoms with Gasteiger partial charge in [-0.1, -0.05) is 35.4 Å². The summed E-state index contributed by atoms with van der Waals surface area (Å²) in [5.41, 5.74) is 3.39. The molecule has 0 bridgehead atoms. The fourth-order valence-electron chi connectivity index (χ4n) is 1.83. The van der Waals surface area contributed by atoms with Gasteiger partial charge in [-0.15, -0.1) is 0 Å². The number of hydrogen-bond donors (Lipinski definition) is 1. The molecule has 0 unspecified atom stereocenters. The Balaban J connectivity index is 1.68. The molecule has 0 radical (unpaired) electrons. The van der Waals surface area contributed by atoms with Crippen molar-refractivity contribution >= 4 is 17.3 Å². The van der Waals surface area contributed by atoms with Crippen LogP contribution in [0.2, 0.25) is 5.02 Å². The Morgan fingerprint density at radius 2 is 1.80 bits per heavy atom. The molecule has 0 heterocycles. The normalized spacial score (nSPS) is 10.3. The Bertz CT molecular complexity index is 551. The number of benzene rings is 2. The molecule has 2 rings (SSSR count). The molecule has 0 amide bonds. The summed E-state index contributed by atoms with van der Waals surface area (Å²) in [6.07, 6.45) is 0.944. The second-order valence-electron chi connectivity index (χ2n) is 4.91. The highest BCUT2D eigenvalue weighted by Gasteiger charge is 1.98. The van der Waals surface area contributed by atoms with Crippen molar-refractivity contribution in [2.75, 3.05) is 18.5 Å². The van der Waals surface area contributed by atoms with Gasteiger partial charge in [0.25, 0.3) is 0 Å². The largest absolute Gasteiger partial charge is 0.494 e. The maximum Gasteiger partial charge on any atom is 0.119 e. The lowest BCUT2D eigenvalue weighted by atomic mass is 10.2. The third-order valence-corrected chi connectivity index (χ3v) is 3.52. The van der Waals surface area contributed by atoms with Crippen LogP contribution in [0.25, 0.3) is 0 Å². The minimum atomic E-state index is 0.704. The van der Waals surface area contributed by atoms with E-state index in [4.69, 9.17) is 16.3 Å². The van der Waals surface area contributed by atoms with E-state index in [9.17, 15) is 0 Å². The highest BCUT2D eigenvalue weighted by molar-refractivity contribution is 6.31. The van der Waals surface area contributed by atoms with Crippen LogP contribution in [0.3, 0.4) is 0 Å². The van der Waals surface area contributed by atoms with Crippen molar-refractivity contribution in [2.45, 2.75) is 20.3 Å². The summed E-state index contributed by atoms with van der Waals surface area (Å²) in [6, 6.07) is 14.1. The third-order valence-electron chi connectivity index (χ3n) is 3.11. The molecule has 0 fully saturated rings. The SMILES string of the molecule is Cc1ccc(OCCCNc2ccc(C)c(Cl)c2)cc1. The first-order chi connectivity index (χ1) is 9.65. The summed E-state index contributed by atoms with van der Waals surface area (Å²) in [7, 11) is 0. The van der Waals surface area contributed by atoms with Crippen molar-refractivity contribution in [1.29, 1.82) is 0 Å². The van der Waals surface area contributed by atoms with Crippen LogP contribution in [-0.4, -0.2) is 13.2 Å². The molecule has 0 aliphatic heterocycles. The number of ether oxygens (including phenoxy) is 1. The van der Waals surface area contributed by atoms with Crippen LogP contribution in [0.1, 0.15) is 17.5 Å². The minimum absolute atomic E-state index is 0.704. The number of halogens is 1. The summed E-state index contributed by atoms with van der Waals surface area (Å²) in [4.78, 5) is 0. The smallest absolute Gasteiger partial charge is 0.119 e. The third kappa shape index (κ3) is 4.46. The summed E-state index contributed by atoms with van der Waals surface area (Å²) in [5, 5.41) is 4.14. The lowest BCUT2D eigenvalue weighted by Gasteiger charge is -2.09. The van der Waals surface area contributed by atoms with Gasteiger partial charge in [-0.2, -0.15) is 0 Å². The van der Waals surface area contributed by atoms with Crippen LogP contribution in [0.4, 0.5) is 5.69 Å². The summed E-state index contributed by atoms with van der Waals surface area (Å²) in [6.45, 7) is 5.64. The lowest BCUT2D eigenvalue weighted by Crippen LogP contribution is -2.07. The van der Waals surface area contributed by atoms with Crippen LogP contribution in [0.5, 0.6) is 5.75 Å². The van der Waals surface area contributed by atoms with E-state index in [1.54, 1.807) is 0 Å². The average molecular weight is 290 g/mol. The maximum atomic E-state index is 6.08. The van der Waals surface area contributed by atoms with Crippen molar-refractivity contribution in [3.8, 4) is 5.75 Å². The summed E-state index contributed by atoms with van der Waals surface area (Å²) < 4.78 is 5.68. The zero-order chi connectivity index (χ0) is 14.4. The summed E-state index contributed by atoms with van der Waals surface area (Å²) >= 11 is 6.08. The number of rotatable bonds is 6. The van der Waals surface area contributed by atoms with Crippen molar-refractivity contribution < 1.29 is 4.74 Å². The lowest BCUT2D eigenvalue weighted by molar-refractivity contribution is 0.315. The van der Waals surface area contributed by atoms with Gasteiger partial charge >= 0.3 is 0 Å². The molecule has 2 nitrogen and oxygen atoms in total. The molecule has 3 heteroatoms. The fourth-order valence-corrected chi connectivity index (χ4v) is 2.01. The summed E-state index contributed by atoms with van der Waals surface area (Å²) in [5.74, 6) is 0.925. The van der Waals surface area contributed by atoms with Gasteiger partial charge in [0.15, 0.2) is 0 Å². The van der Waals surface area contributed by atoms with Crippen LogP contribution in [-0.2, 0) is 0 Å². The monoisotopic (exact) mass is 289 g/mol. The van der Waals surface area contributed by atoms with Gasteiger partial charge < -0.3 is 10.1 Å². The molecule has 0 saturated carbocycles. The molecule has 1 N–H and O–H groups in total. The van der Waals surface area contributed by atoms with Crippen molar-refractivity contribution in [2.24, 2.45) is 0 Å². The highest BCUT2D eigenvalue weighted by atomic mass is 35.5. The number of anilines is 1. The van der Waals surface area contributed by atoms with Gasteiger partial charge in [-0.05, 0) is 50.1 Å². The molecule has 0 aromatic heterocycles. The standard InChI is InChI=1S/C17H20ClNO/c1-13-4-8-16(9-5-13)20-11-3-10-19-15-7-6-14(2)17(18)12-15/h4-9,12,19H,3,10-11H2,1-2H3. The first kappa shape index (κ1) is 14.7. The zero-order valence-electron chi connectivity index (χ0n) is 11.9. The fraction of sp³-hybridized carbons (Fsp3) is 0.294. The van der Waals surface area contributed by atoms with E-state index < -0.39 is 0 Å². The molecule has 2 aromatic rings. The molecule has 0 aliphatic carbocycles. The Labute approximate surface area is 125 Å². The van der Waals surface area contributed by atoms with E-state index in [1.807, 2.05) is 37.3 Å². The van der Waals surface area contributed by atoms with Gasteiger partial charge in [-0.25, -0.2) is 0 Å². The minimum Gasteiger partial charge on any atom is -0.494 e. The molecule has 2 aromatic carbocycles. The van der Waals surface area contributed by atoms with E-state index in [-0.39, 0.29) is 0 Å². The van der Waals surface area contributed by atoms with Crippen LogP contribution in [0, 0.1) is 13.8 Å². The van der Waals surface area contributed by atoms with Gasteiger partial charge in [-0.3, -0.25) is 0 Å². The molecule has 0 atom stereocenters. The number of aryl methyl sites for hydroxylation is 2. The molecule has 20 heavy (non-hydrogen) atoms. The van der Waals surface area contributed by atoms with E-state index in [0.717, 1.165) is 35.0 Å². The predicted octanol–water partition coefficient (Wildman–Crippen LogP) is 4.84. The quantitative estimate of drug-likeness (QED) is 0.769. The molecule has 106 valence electrons. The van der Waals surface area contributed by atoms with E-state index in [1.165, 1.54) is 5.56 Å². The Hall–Kier alpha value is -1.67. The molecule has 0 saturated heterocycles. The first-order valence-electron chi connectivity index (χ1n) is 6.84. The molecule has 0 aliphatic rings. The van der Waals surface area contributed by atoms with Crippen LogP contribution in [0.15, 0.2) is 42.5 Å². The maximum absolute atomic E-state index is 6.08. The molecular weight excluding hydrogens is 270 g/mol. The van der Waals surface area contributed by atoms with Gasteiger partial charge in [0.2, 0.25) is 0 Å². The van der Waals surface area contributed by atoms with Crippen molar-refractivity contribution in [3.63, 3.8) is 0 Å². The van der Waals surface area contributed by atoms with E-state index in [2.05, 4.69) is 24.4 Å². The Morgan fingerprint density at radius 3 is 2.50 bits per heavy atom. The number of nitrogens with one attached hydrogen (secondary N) is 1. The highest BCUT2D eigenvalue weighted by Crippen LogP contribution is 2.19. The second kappa shape index (κ2) is 7.20. The average Bonchev–Trinajstić information content (AvgIpc) is 2.44. The Kier molecular flexibility index (Phi) is 5.31. The van der Waals surface area contributed by atoms with Crippen molar-refractivity contribution in [1.82, 2.24) is 0 Å². The predicted molar refractivity (Wildman–Crippen MR) is 86.0 cm³/mol. The van der Waals surface area contributed by atoms with E-state index >= 15 is 0 Å². The van der Waals surface area contributed by atoms with Gasteiger partial charge in [0.05, 0.1) is 6.61 Å². The van der Waals surface area contributed by atoms with Gasteiger partial charge in [0.1, 0.15) is 5.75 Å². The Morgan fingerprint density at radius 1 is 1.05 bits per heavy atom. The van der Waals surface area contributed by atoms with Gasteiger partial charge in [0, 0.05) is 17.3 Å². The molecule has 0 spiro atoms. The van der Waals surface area contributed by atoms with Crippen molar-refractivity contribution in [3.05, 3.63) is 58.6 Å². The first-order valence-corrected chi connectivity index (χ1v) is 7.22.